The second-order valence-corrected chi connectivity index (χ2v) is 4.04. The Hall–Kier alpha value is -1.63. The third kappa shape index (κ3) is 3.70. The highest BCUT2D eigenvalue weighted by Gasteiger charge is 2.34. The second kappa shape index (κ2) is 5.62. The molecule has 0 bridgehead atoms. The molecule has 0 saturated carbocycles. The lowest BCUT2D eigenvalue weighted by atomic mass is 10.2. The molecule has 1 aliphatic rings. The maximum atomic E-state index is 11.7. The van der Waals surface area contributed by atoms with E-state index in [1.165, 1.54) is 0 Å². The number of carbonyl (C=O) groups is 3. The van der Waals surface area contributed by atoms with Crippen molar-refractivity contribution in [2.24, 2.45) is 0 Å². The number of nitrogens with zero attached hydrogens (tertiary/aromatic N) is 1. The van der Waals surface area contributed by atoms with Crippen LogP contribution in [0.3, 0.4) is 0 Å². The maximum absolute atomic E-state index is 11.7. The predicted octanol–water partition coefficient (Wildman–Crippen LogP) is -1.18. The molecule has 1 fully saturated rings. The van der Waals surface area contributed by atoms with Crippen LogP contribution in [-0.4, -0.2) is 59.6 Å². The summed E-state index contributed by atoms with van der Waals surface area (Å²) in [5.41, 5.74) is 0. The molecule has 1 unspecified atom stereocenters. The van der Waals surface area contributed by atoms with Crippen LogP contribution in [0.2, 0.25) is 0 Å². The van der Waals surface area contributed by atoms with Crippen LogP contribution in [0.4, 0.5) is 0 Å². The summed E-state index contributed by atoms with van der Waals surface area (Å²) in [4.78, 5) is 34.8. The molecule has 7 nitrogen and oxygen atoms in total. The average molecular weight is 244 g/mol. The molecule has 96 valence electrons. The summed E-state index contributed by atoms with van der Waals surface area (Å²) in [6, 6.07) is -1.02. The van der Waals surface area contributed by atoms with Crippen molar-refractivity contribution in [1.82, 2.24) is 10.2 Å². The molecule has 1 rings (SSSR count). The fraction of sp³-hybridized carbons (Fsp3) is 0.700. The Morgan fingerprint density at radius 1 is 1.59 bits per heavy atom. The van der Waals surface area contributed by atoms with Crippen molar-refractivity contribution in [3.8, 4) is 0 Å². The number of rotatable bonds is 4. The minimum Gasteiger partial charge on any atom is -0.480 e. The zero-order valence-electron chi connectivity index (χ0n) is 9.80. The van der Waals surface area contributed by atoms with Gasteiger partial charge in [-0.3, -0.25) is 9.59 Å². The molecule has 0 spiro atoms. The van der Waals surface area contributed by atoms with Gasteiger partial charge in [0.25, 0.3) is 0 Å². The Labute approximate surface area is 98.7 Å². The van der Waals surface area contributed by atoms with E-state index in [4.69, 9.17) is 9.84 Å². The molecular formula is C10H16N2O5. The number of piperazine rings is 1. The van der Waals surface area contributed by atoms with Gasteiger partial charge in [-0.15, -0.1) is 0 Å². The number of carboxylic acid groups (broad SMARTS) is 1. The van der Waals surface area contributed by atoms with Crippen LogP contribution in [0, 0.1) is 0 Å². The minimum atomic E-state index is -1.14. The van der Waals surface area contributed by atoms with E-state index in [0.717, 1.165) is 4.90 Å². The molecule has 2 amide bonds. The van der Waals surface area contributed by atoms with Gasteiger partial charge >= 0.3 is 5.97 Å². The molecule has 1 heterocycles. The lowest BCUT2D eigenvalue weighted by molar-refractivity contribution is -0.156. The zero-order valence-corrected chi connectivity index (χ0v) is 9.80. The van der Waals surface area contributed by atoms with Crippen molar-refractivity contribution in [2.75, 3.05) is 19.7 Å². The highest BCUT2D eigenvalue weighted by Crippen LogP contribution is 2.05. The normalized spacial score (nSPS) is 20.3. The van der Waals surface area contributed by atoms with Gasteiger partial charge in [0.15, 0.2) is 0 Å². The first kappa shape index (κ1) is 13.4. The molecule has 0 aromatic carbocycles. The van der Waals surface area contributed by atoms with E-state index in [0.29, 0.717) is 0 Å². The molecule has 0 aromatic heterocycles. The van der Waals surface area contributed by atoms with Gasteiger partial charge in [-0.1, -0.05) is 0 Å². The van der Waals surface area contributed by atoms with Crippen molar-refractivity contribution >= 4 is 17.8 Å². The van der Waals surface area contributed by atoms with Crippen LogP contribution in [0.1, 0.15) is 13.8 Å². The van der Waals surface area contributed by atoms with Gasteiger partial charge in [-0.25, -0.2) is 4.79 Å². The molecule has 2 N–H and O–H groups in total. The highest BCUT2D eigenvalue weighted by molar-refractivity contribution is 5.91. The lowest BCUT2D eigenvalue weighted by Gasteiger charge is -2.32. The van der Waals surface area contributed by atoms with E-state index in [9.17, 15) is 14.4 Å². The van der Waals surface area contributed by atoms with E-state index in [2.05, 4.69) is 5.32 Å². The van der Waals surface area contributed by atoms with Crippen molar-refractivity contribution in [3.05, 3.63) is 0 Å². The highest BCUT2D eigenvalue weighted by atomic mass is 16.5. The van der Waals surface area contributed by atoms with Gasteiger partial charge < -0.3 is 20.1 Å². The monoisotopic (exact) mass is 244 g/mol. The topological polar surface area (TPSA) is 95.9 Å². The summed E-state index contributed by atoms with van der Waals surface area (Å²) in [5.74, 6) is -1.98. The van der Waals surface area contributed by atoms with Crippen molar-refractivity contribution in [2.45, 2.75) is 26.0 Å². The van der Waals surface area contributed by atoms with Gasteiger partial charge in [0.05, 0.1) is 6.10 Å². The number of amides is 2. The summed E-state index contributed by atoms with van der Waals surface area (Å²) in [6.45, 7) is 3.02. The third-order valence-electron chi connectivity index (χ3n) is 2.33. The third-order valence-corrected chi connectivity index (χ3v) is 2.33. The van der Waals surface area contributed by atoms with E-state index < -0.39 is 17.9 Å². The molecule has 17 heavy (non-hydrogen) atoms. The molecular weight excluding hydrogens is 228 g/mol. The number of hydrogen-bond donors (Lipinski definition) is 2. The number of hydrogen-bond acceptors (Lipinski definition) is 4. The molecule has 7 heteroatoms. The number of carbonyl (C=O) groups excluding carboxylic acids is 2. The molecule has 1 aliphatic heterocycles. The first-order valence-corrected chi connectivity index (χ1v) is 5.32. The van der Waals surface area contributed by atoms with Gasteiger partial charge in [0.2, 0.25) is 11.8 Å². The Kier molecular flexibility index (Phi) is 4.45. The lowest BCUT2D eigenvalue weighted by Crippen LogP contribution is -2.60. The molecule has 0 aromatic rings. The summed E-state index contributed by atoms with van der Waals surface area (Å²) in [5, 5.41) is 11.3. The molecule has 1 atom stereocenters. The second-order valence-electron chi connectivity index (χ2n) is 4.04. The number of aliphatic carboxylic acids is 1. The predicted molar refractivity (Wildman–Crippen MR) is 57.2 cm³/mol. The maximum Gasteiger partial charge on any atom is 0.328 e. The van der Waals surface area contributed by atoms with Gasteiger partial charge in [0, 0.05) is 6.54 Å². The number of ether oxygens (including phenoxy) is 1. The largest absolute Gasteiger partial charge is 0.480 e. The van der Waals surface area contributed by atoms with Crippen LogP contribution in [0.15, 0.2) is 0 Å². The van der Waals surface area contributed by atoms with Crippen molar-refractivity contribution < 1.29 is 24.2 Å². The van der Waals surface area contributed by atoms with Crippen LogP contribution in [-0.2, 0) is 19.1 Å². The zero-order chi connectivity index (χ0) is 13.0. The molecule has 0 aliphatic carbocycles. The standard InChI is InChI=1S/C10H16N2O5/c1-6(2)17-5-9(14)12-4-8(13)11-3-7(12)10(15)16/h6-7H,3-5H2,1-2H3,(H,11,13)(H,15,16). The Morgan fingerprint density at radius 3 is 2.76 bits per heavy atom. The van der Waals surface area contributed by atoms with Gasteiger partial charge in [-0.2, -0.15) is 0 Å². The van der Waals surface area contributed by atoms with Gasteiger partial charge in [-0.05, 0) is 13.8 Å². The molecule has 0 radical (unpaired) electrons. The van der Waals surface area contributed by atoms with Crippen LogP contribution in [0.25, 0.3) is 0 Å². The van der Waals surface area contributed by atoms with E-state index in [1.54, 1.807) is 13.8 Å². The summed E-state index contributed by atoms with van der Waals surface area (Å²) in [7, 11) is 0. The fourth-order valence-corrected chi connectivity index (χ4v) is 1.44. The van der Waals surface area contributed by atoms with Crippen molar-refractivity contribution in [1.29, 1.82) is 0 Å². The average Bonchev–Trinajstić information content (AvgIpc) is 2.25. The van der Waals surface area contributed by atoms with E-state index in [1.807, 2.05) is 0 Å². The van der Waals surface area contributed by atoms with Gasteiger partial charge in [0.1, 0.15) is 19.2 Å². The smallest absolute Gasteiger partial charge is 0.328 e. The Morgan fingerprint density at radius 2 is 2.24 bits per heavy atom. The number of carboxylic acids is 1. The Bertz CT molecular complexity index is 329. The van der Waals surface area contributed by atoms with Crippen LogP contribution in [0.5, 0.6) is 0 Å². The van der Waals surface area contributed by atoms with E-state index >= 15 is 0 Å². The number of nitrogens with one attached hydrogen (secondary N) is 1. The first-order chi connectivity index (χ1) is 7.91. The SMILES string of the molecule is CC(C)OCC(=O)N1CC(=O)NCC1C(=O)O. The minimum absolute atomic E-state index is 0.0679. The molecule has 1 saturated heterocycles. The first-order valence-electron chi connectivity index (χ1n) is 5.32. The summed E-state index contributed by atoms with van der Waals surface area (Å²) < 4.78 is 5.10. The quantitative estimate of drug-likeness (QED) is 0.649. The Balaban J connectivity index is 2.65. The van der Waals surface area contributed by atoms with Crippen molar-refractivity contribution in [3.63, 3.8) is 0 Å². The van der Waals surface area contributed by atoms with Crippen LogP contribution < -0.4 is 5.32 Å². The summed E-state index contributed by atoms with van der Waals surface area (Å²) >= 11 is 0. The van der Waals surface area contributed by atoms with Crippen LogP contribution >= 0.6 is 0 Å². The van der Waals surface area contributed by atoms with E-state index in [-0.39, 0.29) is 31.7 Å². The fourth-order valence-electron chi connectivity index (χ4n) is 1.44. The summed E-state index contributed by atoms with van der Waals surface area (Å²) in [6.07, 6.45) is -0.124.